The number of carbonyl (C=O) groups is 2. The van der Waals surface area contributed by atoms with Crippen molar-refractivity contribution in [3.8, 4) is 0 Å². The second-order valence-corrected chi connectivity index (χ2v) is 8.13. The Labute approximate surface area is 177 Å². The zero-order valence-electron chi connectivity index (χ0n) is 17.7. The molecule has 1 fully saturated rings. The Bertz CT molecular complexity index is 869. The van der Waals surface area contributed by atoms with Crippen LogP contribution < -0.4 is 5.32 Å². The number of benzene rings is 2. The number of hydrogen-bond acceptors (Lipinski definition) is 3. The highest BCUT2D eigenvalue weighted by atomic mass is 19.1. The topological polar surface area (TPSA) is 52.7 Å². The van der Waals surface area contributed by atoms with Crippen LogP contribution in [0.15, 0.2) is 48.5 Å². The predicted molar refractivity (Wildman–Crippen MR) is 117 cm³/mol. The van der Waals surface area contributed by atoms with Crippen molar-refractivity contribution in [3.05, 3.63) is 65.5 Å². The van der Waals surface area contributed by atoms with Crippen LogP contribution in [0.3, 0.4) is 0 Å². The number of rotatable bonds is 7. The van der Waals surface area contributed by atoms with E-state index >= 15 is 0 Å². The van der Waals surface area contributed by atoms with Crippen LogP contribution in [0, 0.1) is 11.7 Å². The van der Waals surface area contributed by atoms with Crippen molar-refractivity contribution >= 4 is 17.5 Å². The summed E-state index contributed by atoms with van der Waals surface area (Å²) >= 11 is 0. The molecule has 1 heterocycles. The Hall–Kier alpha value is -2.73. The molecule has 0 aromatic heterocycles. The molecule has 1 atom stereocenters. The van der Waals surface area contributed by atoms with Crippen molar-refractivity contribution in [2.45, 2.75) is 26.2 Å². The quantitative estimate of drug-likeness (QED) is 0.754. The first-order valence-electron chi connectivity index (χ1n) is 10.5. The molecule has 6 heteroatoms. The SMILES string of the molecule is CC(=O)Nc1cccc(C(=O)N(C)CC2CCCN(CCc3ccc(F)cc3)C2)c1. The third-order valence-corrected chi connectivity index (χ3v) is 5.54. The number of hydrogen-bond donors (Lipinski definition) is 1. The molecule has 1 N–H and O–H groups in total. The summed E-state index contributed by atoms with van der Waals surface area (Å²) in [5.74, 6) is 0.0353. The smallest absolute Gasteiger partial charge is 0.253 e. The normalized spacial score (nSPS) is 16.8. The van der Waals surface area contributed by atoms with Crippen LogP contribution in [-0.4, -0.2) is 54.8 Å². The molecule has 0 spiro atoms. The van der Waals surface area contributed by atoms with Gasteiger partial charge in [-0.2, -0.15) is 0 Å². The average Bonchev–Trinajstić information content (AvgIpc) is 2.73. The zero-order chi connectivity index (χ0) is 21.5. The Balaban J connectivity index is 1.51. The van der Waals surface area contributed by atoms with Gasteiger partial charge in [0.1, 0.15) is 5.82 Å². The van der Waals surface area contributed by atoms with Crippen LogP contribution in [0.1, 0.15) is 35.7 Å². The highest BCUT2D eigenvalue weighted by Crippen LogP contribution is 2.19. The Kier molecular flexibility index (Phi) is 7.57. The first-order chi connectivity index (χ1) is 14.4. The van der Waals surface area contributed by atoms with E-state index in [9.17, 15) is 14.0 Å². The minimum absolute atomic E-state index is 0.0364. The van der Waals surface area contributed by atoms with E-state index in [2.05, 4.69) is 10.2 Å². The molecule has 160 valence electrons. The zero-order valence-corrected chi connectivity index (χ0v) is 17.7. The predicted octanol–water partition coefficient (Wildman–Crippen LogP) is 3.81. The minimum Gasteiger partial charge on any atom is -0.341 e. The molecule has 30 heavy (non-hydrogen) atoms. The largest absolute Gasteiger partial charge is 0.341 e. The van der Waals surface area contributed by atoms with Gasteiger partial charge in [-0.25, -0.2) is 4.39 Å². The Morgan fingerprint density at radius 1 is 1.20 bits per heavy atom. The van der Waals surface area contributed by atoms with Gasteiger partial charge in [0.05, 0.1) is 0 Å². The lowest BCUT2D eigenvalue weighted by Crippen LogP contribution is -2.42. The number of carbonyl (C=O) groups excluding carboxylic acids is 2. The van der Waals surface area contributed by atoms with Crippen LogP contribution in [0.4, 0.5) is 10.1 Å². The third-order valence-electron chi connectivity index (χ3n) is 5.54. The van der Waals surface area contributed by atoms with Crippen molar-refractivity contribution in [2.75, 3.05) is 38.5 Å². The highest BCUT2D eigenvalue weighted by Gasteiger charge is 2.23. The summed E-state index contributed by atoms with van der Waals surface area (Å²) in [4.78, 5) is 28.3. The second kappa shape index (κ2) is 10.3. The number of likely N-dealkylation sites (tertiary alicyclic amines) is 1. The van der Waals surface area contributed by atoms with E-state index in [4.69, 9.17) is 0 Å². The number of nitrogens with zero attached hydrogens (tertiary/aromatic N) is 2. The van der Waals surface area contributed by atoms with Crippen molar-refractivity contribution < 1.29 is 14.0 Å². The molecule has 3 rings (SSSR count). The molecule has 1 aliphatic heterocycles. The highest BCUT2D eigenvalue weighted by molar-refractivity contribution is 5.96. The number of halogens is 1. The van der Waals surface area contributed by atoms with E-state index < -0.39 is 0 Å². The fraction of sp³-hybridized carbons (Fsp3) is 0.417. The van der Waals surface area contributed by atoms with Gasteiger partial charge in [0.2, 0.25) is 5.91 Å². The molecule has 1 saturated heterocycles. The van der Waals surface area contributed by atoms with E-state index in [0.29, 0.717) is 23.7 Å². The van der Waals surface area contributed by atoms with E-state index in [1.165, 1.54) is 19.1 Å². The second-order valence-electron chi connectivity index (χ2n) is 8.13. The summed E-state index contributed by atoms with van der Waals surface area (Å²) in [7, 11) is 1.84. The summed E-state index contributed by atoms with van der Waals surface area (Å²) in [5.41, 5.74) is 2.35. The van der Waals surface area contributed by atoms with E-state index in [1.54, 1.807) is 29.2 Å². The lowest BCUT2D eigenvalue weighted by Gasteiger charge is -2.34. The summed E-state index contributed by atoms with van der Waals surface area (Å²) in [6.07, 6.45) is 3.13. The summed E-state index contributed by atoms with van der Waals surface area (Å²) in [5, 5.41) is 2.72. The molecular weight excluding hydrogens is 381 g/mol. The van der Waals surface area contributed by atoms with Crippen molar-refractivity contribution in [3.63, 3.8) is 0 Å². The van der Waals surface area contributed by atoms with Crippen LogP contribution in [-0.2, 0) is 11.2 Å². The Morgan fingerprint density at radius 3 is 2.70 bits per heavy atom. The molecule has 0 radical (unpaired) electrons. The van der Waals surface area contributed by atoms with Crippen molar-refractivity contribution in [1.29, 1.82) is 0 Å². The van der Waals surface area contributed by atoms with Gasteiger partial charge >= 0.3 is 0 Å². The van der Waals surface area contributed by atoms with Crippen molar-refractivity contribution in [2.24, 2.45) is 5.92 Å². The number of nitrogens with one attached hydrogen (secondary N) is 1. The summed E-state index contributed by atoms with van der Waals surface area (Å²) < 4.78 is 13.1. The van der Waals surface area contributed by atoms with E-state index in [0.717, 1.165) is 44.5 Å². The van der Waals surface area contributed by atoms with Gasteiger partial charge in [0.15, 0.2) is 0 Å². The number of amides is 2. The molecular formula is C24H30FN3O2. The molecule has 1 aliphatic rings. The van der Waals surface area contributed by atoms with Crippen LogP contribution in [0.25, 0.3) is 0 Å². The van der Waals surface area contributed by atoms with Crippen LogP contribution >= 0.6 is 0 Å². The third kappa shape index (κ3) is 6.39. The van der Waals surface area contributed by atoms with Gasteiger partial charge < -0.3 is 15.1 Å². The van der Waals surface area contributed by atoms with Gasteiger partial charge in [-0.05, 0) is 67.6 Å². The van der Waals surface area contributed by atoms with Crippen LogP contribution in [0.5, 0.6) is 0 Å². The maximum absolute atomic E-state index is 13.1. The molecule has 2 aromatic rings. The lowest BCUT2D eigenvalue weighted by molar-refractivity contribution is -0.114. The molecule has 0 bridgehead atoms. The molecule has 2 aromatic carbocycles. The first kappa shape index (κ1) is 22.0. The van der Waals surface area contributed by atoms with E-state index in [-0.39, 0.29) is 17.6 Å². The molecule has 1 unspecified atom stereocenters. The number of anilines is 1. The van der Waals surface area contributed by atoms with Gasteiger partial charge in [-0.3, -0.25) is 9.59 Å². The maximum Gasteiger partial charge on any atom is 0.253 e. The van der Waals surface area contributed by atoms with Gasteiger partial charge in [0.25, 0.3) is 5.91 Å². The maximum atomic E-state index is 13.1. The molecule has 0 aliphatic carbocycles. The van der Waals surface area contributed by atoms with E-state index in [1.807, 2.05) is 19.2 Å². The Morgan fingerprint density at radius 2 is 1.97 bits per heavy atom. The fourth-order valence-electron chi connectivity index (χ4n) is 4.07. The summed E-state index contributed by atoms with van der Waals surface area (Å²) in [6.45, 7) is 5.12. The summed E-state index contributed by atoms with van der Waals surface area (Å²) in [6, 6.07) is 13.8. The molecule has 0 saturated carbocycles. The standard InChI is InChI=1S/C24H30FN3O2/c1-18(29)26-23-7-3-6-21(15-23)24(30)27(2)16-20-5-4-13-28(17-20)14-12-19-8-10-22(25)11-9-19/h3,6-11,15,20H,4-5,12-14,16-17H2,1-2H3,(H,26,29). The fourth-order valence-corrected chi connectivity index (χ4v) is 4.07. The molecule has 2 amide bonds. The number of piperidine rings is 1. The minimum atomic E-state index is -0.202. The van der Waals surface area contributed by atoms with Gasteiger partial charge in [0, 0.05) is 44.9 Å². The lowest BCUT2D eigenvalue weighted by atomic mass is 9.96. The molecule has 5 nitrogen and oxygen atoms in total. The van der Waals surface area contributed by atoms with Crippen LogP contribution in [0.2, 0.25) is 0 Å². The first-order valence-corrected chi connectivity index (χ1v) is 10.5. The van der Waals surface area contributed by atoms with Crippen molar-refractivity contribution in [1.82, 2.24) is 9.80 Å². The monoisotopic (exact) mass is 411 g/mol. The average molecular weight is 412 g/mol. The van der Waals surface area contributed by atoms with Gasteiger partial charge in [-0.1, -0.05) is 18.2 Å². The van der Waals surface area contributed by atoms with Gasteiger partial charge in [-0.15, -0.1) is 0 Å².